The van der Waals surface area contributed by atoms with Gasteiger partial charge in [-0.3, -0.25) is 4.79 Å². The minimum absolute atomic E-state index is 0.0863. The normalized spacial score (nSPS) is 23.5. The summed E-state index contributed by atoms with van der Waals surface area (Å²) in [6, 6.07) is 9.85. The maximum Gasteiger partial charge on any atom is 0.227 e. The fourth-order valence-electron chi connectivity index (χ4n) is 2.98. The Morgan fingerprint density at radius 2 is 2.10 bits per heavy atom. The van der Waals surface area contributed by atoms with Crippen LogP contribution in [0.5, 0.6) is 0 Å². The molecule has 3 heteroatoms. The largest absolute Gasteiger partial charge is 0.393 e. The second-order valence-electron chi connectivity index (χ2n) is 5.82. The molecule has 2 rings (SSSR count). The first kappa shape index (κ1) is 15.0. The summed E-state index contributed by atoms with van der Waals surface area (Å²) < 4.78 is 0. The second kappa shape index (κ2) is 7.44. The van der Waals surface area contributed by atoms with E-state index in [4.69, 9.17) is 0 Å². The number of nitrogens with one attached hydrogen (secondary N) is 1. The molecule has 1 amide bonds. The molecule has 0 heterocycles. The summed E-state index contributed by atoms with van der Waals surface area (Å²) in [4.78, 5) is 12.0. The molecule has 20 heavy (non-hydrogen) atoms. The van der Waals surface area contributed by atoms with Gasteiger partial charge in [0.25, 0.3) is 0 Å². The number of rotatable bonds is 6. The smallest absolute Gasteiger partial charge is 0.227 e. The quantitative estimate of drug-likeness (QED) is 0.784. The predicted octanol–water partition coefficient (Wildman–Crippen LogP) is 2.85. The number of hydrogen-bond donors (Lipinski definition) is 2. The topological polar surface area (TPSA) is 49.3 Å². The van der Waals surface area contributed by atoms with Crippen molar-refractivity contribution in [2.75, 3.05) is 6.54 Å². The van der Waals surface area contributed by atoms with Crippen LogP contribution < -0.4 is 5.32 Å². The Morgan fingerprint density at radius 3 is 2.75 bits per heavy atom. The summed E-state index contributed by atoms with van der Waals surface area (Å²) >= 11 is 0. The molecule has 0 saturated heterocycles. The predicted molar refractivity (Wildman–Crippen MR) is 80.4 cm³/mol. The van der Waals surface area contributed by atoms with Gasteiger partial charge in [-0.05, 0) is 44.1 Å². The monoisotopic (exact) mass is 275 g/mol. The summed E-state index contributed by atoms with van der Waals surface area (Å²) in [7, 11) is 0. The molecular weight excluding hydrogens is 250 g/mol. The van der Waals surface area contributed by atoms with Crippen molar-refractivity contribution in [1.82, 2.24) is 5.32 Å². The maximum absolute atomic E-state index is 12.0. The van der Waals surface area contributed by atoms with Crippen molar-refractivity contribution in [3.63, 3.8) is 0 Å². The van der Waals surface area contributed by atoms with Gasteiger partial charge in [0.1, 0.15) is 0 Å². The number of carbonyl (C=O) groups is 1. The van der Waals surface area contributed by atoms with E-state index < -0.39 is 0 Å². The van der Waals surface area contributed by atoms with Crippen LogP contribution >= 0.6 is 0 Å². The minimum atomic E-state index is -0.117. The highest BCUT2D eigenvalue weighted by molar-refractivity contribution is 5.83. The maximum atomic E-state index is 12.0. The lowest BCUT2D eigenvalue weighted by Crippen LogP contribution is -2.29. The summed E-state index contributed by atoms with van der Waals surface area (Å²) in [5.74, 6) is 0.426. The van der Waals surface area contributed by atoms with Gasteiger partial charge in [-0.25, -0.2) is 0 Å². The number of aliphatic hydroxyl groups is 1. The van der Waals surface area contributed by atoms with Crippen LogP contribution in [0.1, 0.15) is 50.5 Å². The molecule has 0 aliphatic heterocycles. The van der Waals surface area contributed by atoms with Crippen molar-refractivity contribution >= 4 is 5.91 Å². The summed E-state index contributed by atoms with van der Waals surface area (Å²) in [5, 5.41) is 12.7. The van der Waals surface area contributed by atoms with E-state index in [1.807, 2.05) is 37.3 Å². The minimum Gasteiger partial charge on any atom is -0.393 e. The van der Waals surface area contributed by atoms with Crippen LogP contribution in [0, 0.1) is 5.92 Å². The molecule has 0 bridgehead atoms. The molecule has 1 aliphatic rings. The Morgan fingerprint density at radius 1 is 1.35 bits per heavy atom. The Bertz CT molecular complexity index is 418. The van der Waals surface area contributed by atoms with Crippen molar-refractivity contribution < 1.29 is 9.90 Å². The van der Waals surface area contributed by atoms with Crippen molar-refractivity contribution in [1.29, 1.82) is 0 Å². The Hall–Kier alpha value is -1.35. The van der Waals surface area contributed by atoms with Crippen molar-refractivity contribution in [3.8, 4) is 0 Å². The van der Waals surface area contributed by atoms with E-state index in [-0.39, 0.29) is 17.9 Å². The average molecular weight is 275 g/mol. The number of amides is 1. The van der Waals surface area contributed by atoms with Gasteiger partial charge in [-0.2, -0.15) is 0 Å². The van der Waals surface area contributed by atoms with Crippen molar-refractivity contribution in [2.24, 2.45) is 5.92 Å². The molecule has 0 unspecified atom stereocenters. The van der Waals surface area contributed by atoms with Crippen LogP contribution in [-0.2, 0) is 4.79 Å². The second-order valence-corrected chi connectivity index (χ2v) is 5.82. The molecule has 3 atom stereocenters. The zero-order chi connectivity index (χ0) is 14.4. The van der Waals surface area contributed by atoms with Crippen LogP contribution in [0.3, 0.4) is 0 Å². The Balaban J connectivity index is 1.67. The highest BCUT2D eigenvalue weighted by atomic mass is 16.3. The van der Waals surface area contributed by atoms with E-state index in [0.717, 1.165) is 37.7 Å². The molecule has 3 nitrogen and oxygen atoms in total. The molecule has 1 aromatic rings. The molecule has 1 aromatic carbocycles. The molecule has 1 aliphatic carbocycles. The Kier molecular flexibility index (Phi) is 5.60. The van der Waals surface area contributed by atoms with E-state index in [9.17, 15) is 9.90 Å². The van der Waals surface area contributed by atoms with Crippen molar-refractivity contribution in [3.05, 3.63) is 35.9 Å². The molecule has 0 aromatic heterocycles. The van der Waals surface area contributed by atoms with E-state index in [1.165, 1.54) is 0 Å². The third-order valence-corrected chi connectivity index (χ3v) is 4.36. The summed E-state index contributed by atoms with van der Waals surface area (Å²) in [6.45, 7) is 2.64. The lowest BCUT2D eigenvalue weighted by molar-refractivity contribution is -0.122. The fraction of sp³-hybridized carbons (Fsp3) is 0.588. The lowest BCUT2D eigenvalue weighted by atomic mass is 9.99. The zero-order valence-electron chi connectivity index (χ0n) is 12.2. The van der Waals surface area contributed by atoms with Gasteiger partial charge in [0.15, 0.2) is 0 Å². The van der Waals surface area contributed by atoms with E-state index in [2.05, 4.69) is 5.32 Å². The van der Waals surface area contributed by atoms with Gasteiger partial charge in [-0.1, -0.05) is 36.8 Å². The number of benzene rings is 1. The zero-order valence-corrected chi connectivity index (χ0v) is 12.2. The van der Waals surface area contributed by atoms with Crippen LogP contribution in [0.25, 0.3) is 0 Å². The average Bonchev–Trinajstić information content (AvgIpc) is 2.89. The lowest BCUT2D eigenvalue weighted by Gasteiger charge is -2.15. The number of carbonyl (C=O) groups excluding carboxylic acids is 1. The van der Waals surface area contributed by atoms with Gasteiger partial charge >= 0.3 is 0 Å². The highest BCUT2D eigenvalue weighted by Gasteiger charge is 2.24. The highest BCUT2D eigenvalue weighted by Crippen LogP contribution is 2.28. The van der Waals surface area contributed by atoms with Crippen LogP contribution in [-0.4, -0.2) is 23.7 Å². The van der Waals surface area contributed by atoms with Gasteiger partial charge in [0, 0.05) is 6.54 Å². The first-order valence-electron chi connectivity index (χ1n) is 7.69. The molecule has 110 valence electrons. The molecule has 0 spiro atoms. The standard InChI is InChI=1S/C17H25NO2/c1-13(14-7-3-2-4-8-14)17(20)18-12-6-10-15-9-5-11-16(15)19/h2-4,7-8,13,15-16,19H,5-6,9-12H2,1H3,(H,18,20)/t13-,15+,16-/m0/s1. The van der Waals surface area contributed by atoms with E-state index in [1.54, 1.807) is 0 Å². The van der Waals surface area contributed by atoms with Crippen LogP contribution in [0.15, 0.2) is 30.3 Å². The first-order chi connectivity index (χ1) is 9.68. The summed E-state index contributed by atoms with van der Waals surface area (Å²) in [5.41, 5.74) is 1.05. The van der Waals surface area contributed by atoms with Gasteiger partial charge in [0.2, 0.25) is 5.91 Å². The SMILES string of the molecule is C[C@H](C(=O)NCCC[C@H]1CCC[C@@H]1O)c1ccccc1. The van der Waals surface area contributed by atoms with Gasteiger partial charge in [-0.15, -0.1) is 0 Å². The number of hydrogen-bond acceptors (Lipinski definition) is 2. The molecule has 2 N–H and O–H groups in total. The fourth-order valence-corrected chi connectivity index (χ4v) is 2.98. The third-order valence-electron chi connectivity index (χ3n) is 4.36. The summed E-state index contributed by atoms with van der Waals surface area (Å²) in [6.07, 6.45) is 5.07. The first-order valence-corrected chi connectivity index (χ1v) is 7.69. The molecule has 1 fully saturated rings. The van der Waals surface area contributed by atoms with E-state index >= 15 is 0 Å². The van der Waals surface area contributed by atoms with Crippen LogP contribution in [0.4, 0.5) is 0 Å². The van der Waals surface area contributed by atoms with Crippen molar-refractivity contribution in [2.45, 2.75) is 51.0 Å². The molecular formula is C17H25NO2. The Labute approximate surface area is 121 Å². The van der Waals surface area contributed by atoms with Crippen LogP contribution in [0.2, 0.25) is 0 Å². The third kappa shape index (κ3) is 4.07. The molecule has 1 saturated carbocycles. The molecule has 0 radical (unpaired) electrons. The van der Waals surface area contributed by atoms with Gasteiger partial charge in [0.05, 0.1) is 12.0 Å². The number of aliphatic hydroxyl groups excluding tert-OH is 1. The van der Waals surface area contributed by atoms with E-state index in [0.29, 0.717) is 12.5 Å². The van der Waals surface area contributed by atoms with Gasteiger partial charge < -0.3 is 10.4 Å².